The first kappa shape index (κ1) is 12.7. The average molecular weight is 270 g/mol. The fourth-order valence-corrected chi connectivity index (χ4v) is 2.86. The Morgan fingerprint density at radius 3 is 2.40 bits per heavy atom. The Morgan fingerprint density at radius 2 is 1.75 bits per heavy atom. The van der Waals surface area contributed by atoms with E-state index in [0.29, 0.717) is 22.3 Å². The molecule has 0 radical (unpaired) electrons. The second-order valence-corrected chi connectivity index (χ2v) is 5.75. The van der Waals surface area contributed by atoms with Crippen molar-refractivity contribution >= 4 is 17.1 Å². The molecule has 4 heteroatoms. The molecule has 20 heavy (non-hydrogen) atoms. The number of aliphatic hydroxyl groups excluding tert-OH is 1. The van der Waals surface area contributed by atoms with Crippen LogP contribution in [0.15, 0.2) is 29.5 Å². The summed E-state index contributed by atoms with van der Waals surface area (Å²) in [5, 5.41) is 20.3. The number of allylic oxidation sites excluding steroid dienone is 4. The molecule has 0 spiro atoms. The lowest BCUT2D eigenvalue weighted by Gasteiger charge is -2.26. The van der Waals surface area contributed by atoms with Crippen LogP contribution in [0.1, 0.15) is 35.3 Å². The highest BCUT2D eigenvalue weighted by atomic mass is 16.3. The van der Waals surface area contributed by atoms with E-state index < -0.39 is 17.0 Å². The Bertz CT molecular complexity index is 748. The zero-order valence-corrected chi connectivity index (χ0v) is 11.4. The number of benzene rings is 1. The minimum absolute atomic E-state index is 0.0722. The quantitative estimate of drug-likeness (QED) is 0.760. The fourth-order valence-electron chi connectivity index (χ4n) is 2.86. The number of hydrogen-bond acceptors (Lipinski definition) is 4. The van der Waals surface area contributed by atoms with Crippen LogP contribution in [0.5, 0.6) is 5.75 Å². The van der Waals surface area contributed by atoms with Gasteiger partial charge in [0, 0.05) is 5.57 Å². The summed E-state index contributed by atoms with van der Waals surface area (Å²) in [6.45, 7) is 5.03. The Labute approximate surface area is 116 Å². The number of phenols is 1. The predicted molar refractivity (Wildman–Crippen MR) is 73.6 cm³/mol. The smallest absolute Gasteiger partial charge is 0.231 e. The summed E-state index contributed by atoms with van der Waals surface area (Å²) in [4.78, 5) is 24.4. The summed E-state index contributed by atoms with van der Waals surface area (Å²) in [6, 6.07) is 3.40. The first-order valence-corrected chi connectivity index (χ1v) is 6.34. The number of fused-ring (bicyclic) bond motifs is 3. The Kier molecular flexibility index (Phi) is 2.28. The van der Waals surface area contributed by atoms with Crippen molar-refractivity contribution in [3.05, 3.63) is 46.2 Å². The molecule has 0 atom stereocenters. The molecular weight excluding hydrogens is 256 g/mol. The van der Waals surface area contributed by atoms with E-state index in [9.17, 15) is 19.8 Å². The third-order valence-corrected chi connectivity index (χ3v) is 4.13. The van der Waals surface area contributed by atoms with Gasteiger partial charge >= 0.3 is 0 Å². The molecule has 0 bridgehead atoms. The summed E-state index contributed by atoms with van der Waals surface area (Å²) in [7, 11) is 0. The summed E-state index contributed by atoms with van der Waals surface area (Å²) >= 11 is 0. The number of aromatic hydroxyl groups is 1. The first-order chi connectivity index (χ1) is 9.26. The molecule has 3 rings (SSSR count). The topological polar surface area (TPSA) is 74.6 Å². The number of aliphatic hydroxyl groups is 1. The highest BCUT2D eigenvalue weighted by Gasteiger charge is 2.46. The maximum absolute atomic E-state index is 12.3. The van der Waals surface area contributed by atoms with Gasteiger partial charge in [0.25, 0.3) is 0 Å². The second kappa shape index (κ2) is 3.60. The molecule has 2 N–H and O–H groups in total. The highest BCUT2D eigenvalue weighted by molar-refractivity contribution is 6.24. The molecule has 1 aromatic rings. The molecule has 2 aliphatic rings. The number of phenolic OH excluding ortho intramolecular Hbond substituents is 1. The van der Waals surface area contributed by atoms with Gasteiger partial charge < -0.3 is 10.2 Å². The summed E-state index contributed by atoms with van der Waals surface area (Å²) in [6.07, 6.45) is 1.44. The van der Waals surface area contributed by atoms with Crippen LogP contribution < -0.4 is 0 Å². The van der Waals surface area contributed by atoms with E-state index in [4.69, 9.17) is 0 Å². The Balaban J connectivity index is 2.41. The van der Waals surface area contributed by atoms with Gasteiger partial charge in [0.1, 0.15) is 5.75 Å². The van der Waals surface area contributed by atoms with Gasteiger partial charge in [-0.05, 0) is 43.5 Å². The lowest BCUT2D eigenvalue weighted by molar-refractivity contribution is -0.119. The molecule has 0 fully saturated rings. The summed E-state index contributed by atoms with van der Waals surface area (Å²) in [5.74, 6) is -1.37. The molecule has 0 aromatic heterocycles. The average Bonchev–Trinajstić information content (AvgIpc) is 2.61. The first-order valence-electron chi connectivity index (χ1n) is 6.34. The number of rotatable bonds is 0. The molecule has 0 unspecified atom stereocenters. The predicted octanol–water partition coefficient (Wildman–Crippen LogP) is 2.70. The molecule has 0 saturated carbocycles. The molecule has 102 valence electrons. The second-order valence-electron chi connectivity index (χ2n) is 5.75. The van der Waals surface area contributed by atoms with Gasteiger partial charge in [0.05, 0.1) is 11.0 Å². The van der Waals surface area contributed by atoms with Crippen LogP contribution in [0.3, 0.4) is 0 Å². The van der Waals surface area contributed by atoms with Crippen molar-refractivity contribution in [3.63, 3.8) is 0 Å². The molecule has 0 aliphatic heterocycles. The van der Waals surface area contributed by atoms with Crippen LogP contribution in [0.4, 0.5) is 0 Å². The number of hydrogen-bond donors (Lipinski definition) is 2. The van der Waals surface area contributed by atoms with E-state index in [1.165, 1.54) is 6.08 Å². The summed E-state index contributed by atoms with van der Waals surface area (Å²) in [5.41, 5.74) is 1.09. The minimum Gasteiger partial charge on any atom is -0.507 e. The SMILES string of the molecule is Cc1ccc2c(c1O)C(=O)C(O)=C1C2=CC(=O)C1(C)C. The van der Waals surface area contributed by atoms with Gasteiger partial charge in [-0.1, -0.05) is 12.1 Å². The van der Waals surface area contributed by atoms with Gasteiger partial charge in [-0.2, -0.15) is 0 Å². The molecule has 0 saturated heterocycles. The maximum Gasteiger partial charge on any atom is 0.231 e. The van der Waals surface area contributed by atoms with Crippen LogP contribution in [0.2, 0.25) is 0 Å². The zero-order chi connectivity index (χ0) is 14.8. The molecule has 0 heterocycles. The van der Waals surface area contributed by atoms with Gasteiger partial charge in [0.15, 0.2) is 11.5 Å². The number of Topliss-reactive ketones (excluding diaryl/α,β-unsaturated/α-hetero) is 1. The van der Waals surface area contributed by atoms with Crippen LogP contribution in [-0.4, -0.2) is 21.8 Å². The van der Waals surface area contributed by atoms with Gasteiger partial charge in [-0.15, -0.1) is 0 Å². The number of carbonyl (C=O) groups excluding carboxylic acids is 2. The Hall–Kier alpha value is -2.36. The molecule has 4 nitrogen and oxygen atoms in total. The molecule has 2 aliphatic carbocycles. The standard InChI is InChI=1S/C16H14O4/c1-7-4-5-8-9-6-10(17)16(2,3)12(9)15(20)14(19)11(8)13(7)18/h4-6,18,20H,1-3H3. The van der Waals surface area contributed by atoms with Crippen LogP contribution >= 0.6 is 0 Å². The largest absolute Gasteiger partial charge is 0.507 e. The molecule has 0 amide bonds. The van der Waals surface area contributed by atoms with Crippen molar-refractivity contribution < 1.29 is 19.8 Å². The van der Waals surface area contributed by atoms with Crippen molar-refractivity contribution in [3.8, 4) is 5.75 Å². The van der Waals surface area contributed by atoms with Crippen LogP contribution in [0.25, 0.3) is 5.57 Å². The zero-order valence-electron chi connectivity index (χ0n) is 11.4. The van der Waals surface area contributed by atoms with Crippen LogP contribution in [0, 0.1) is 12.3 Å². The molecule has 1 aromatic carbocycles. The monoisotopic (exact) mass is 270 g/mol. The van der Waals surface area contributed by atoms with Crippen molar-refractivity contribution in [2.24, 2.45) is 5.41 Å². The van der Waals surface area contributed by atoms with Gasteiger partial charge in [-0.3, -0.25) is 9.59 Å². The van der Waals surface area contributed by atoms with Gasteiger partial charge in [0.2, 0.25) is 5.78 Å². The lowest BCUT2D eigenvalue weighted by atomic mass is 9.76. The van der Waals surface area contributed by atoms with Crippen molar-refractivity contribution in [1.29, 1.82) is 0 Å². The number of ketones is 2. The number of carbonyl (C=O) groups is 2. The minimum atomic E-state index is -0.923. The fraction of sp³-hybridized carbons (Fsp3) is 0.250. The third kappa shape index (κ3) is 1.31. The van der Waals surface area contributed by atoms with E-state index in [1.807, 2.05) is 0 Å². The normalized spacial score (nSPS) is 19.9. The van der Waals surface area contributed by atoms with Crippen LogP contribution in [-0.2, 0) is 4.79 Å². The third-order valence-electron chi connectivity index (χ3n) is 4.13. The van der Waals surface area contributed by atoms with E-state index in [-0.39, 0.29) is 17.1 Å². The van der Waals surface area contributed by atoms with E-state index in [1.54, 1.807) is 32.9 Å². The Morgan fingerprint density at radius 1 is 1.10 bits per heavy atom. The molecular formula is C16H14O4. The van der Waals surface area contributed by atoms with Crippen molar-refractivity contribution in [1.82, 2.24) is 0 Å². The maximum atomic E-state index is 12.3. The van der Waals surface area contributed by atoms with Crippen molar-refractivity contribution in [2.45, 2.75) is 20.8 Å². The van der Waals surface area contributed by atoms with E-state index in [0.717, 1.165) is 0 Å². The number of aryl methyl sites for hydroxylation is 1. The van der Waals surface area contributed by atoms with E-state index in [2.05, 4.69) is 0 Å². The van der Waals surface area contributed by atoms with E-state index >= 15 is 0 Å². The lowest BCUT2D eigenvalue weighted by Crippen LogP contribution is -2.25. The van der Waals surface area contributed by atoms with Gasteiger partial charge in [-0.25, -0.2) is 0 Å². The van der Waals surface area contributed by atoms with Crippen molar-refractivity contribution in [2.75, 3.05) is 0 Å². The summed E-state index contributed by atoms with van der Waals surface area (Å²) < 4.78 is 0. The highest BCUT2D eigenvalue weighted by Crippen LogP contribution is 2.50.